The Morgan fingerprint density at radius 2 is 1.68 bits per heavy atom. The van der Waals surface area contributed by atoms with Gasteiger partial charge in [-0.15, -0.1) is 12.4 Å². The molecule has 6 heteroatoms. The van der Waals surface area contributed by atoms with Gasteiger partial charge >= 0.3 is 0 Å². The molecule has 3 N–H and O–H groups in total. The number of rotatable bonds is 8. The molecule has 0 unspecified atom stereocenters. The molecule has 4 nitrogen and oxygen atoms in total. The van der Waals surface area contributed by atoms with E-state index >= 15 is 0 Å². The van der Waals surface area contributed by atoms with Crippen molar-refractivity contribution in [2.24, 2.45) is 5.73 Å². The van der Waals surface area contributed by atoms with Crippen LogP contribution in [0.3, 0.4) is 0 Å². The van der Waals surface area contributed by atoms with Crippen molar-refractivity contribution in [2.75, 3.05) is 6.54 Å². The first kappa shape index (κ1) is 20.9. The molecule has 0 heterocycles. The quantitative estimate of drug-likeness (QED) is 0.709. The number of amides is 1. The largest absolute Gasteiger partial charge is 0.354 e. The molecule has 0 atom stereocenters. The first-order chi connectivity index (χ1) is 9.90. The highest BCUT2D eigenvalue weighted by molar-refractivity contribution is 6.30. The number of benzene rings is 1. The van der Waals surface area contributed by atoms with Gasteiger partial charge in [0, 0.05) is 35.5 Å². The molecule has 22 heavy (non-hydrogen) atoms. The van der Waals surface area contributed by atoms with Crippen LogP contribution < -0.4 is 11.1 Å². The molecule has 0 aliphatic heterocycles. The minimum Gasteiger partial charge on any atom is -0.354 e. The third-order valence-corrected chi connectivity index (χ3v) is 4.04. The second kappa shape index (κ2) is 9.82. The fraction of sp³-hybridized carbons (Fsp3) is 0.500. The second-order valence-corrected chi connectivity index (χ2v) is 5.71. The van der Waals surface area contributed by atoms with Gasteiger partial charge in [0.25, 0.3) is 0 Å². The van der Waals surface area contributed by atoms with Crippen LogP contribution in [-0.4, -0.2) is 23.8 Å². The molecule has 1 rings (SSSR count). The van der Waals surface area contributed by atoms with Crippen molar-refractivity contribution in [3.63, 3.8) is 0 Å². The van der Waals surface area contributed by atoms with Crippen LogP contribution in [0.2, 0.25) is 5.02 Å². The number of hydrogen-bond donors (Lipinski definition) is 2. The number of hydrogen-bond acceptors (Lipinski definition) is 3. The summed E-state index contributed by atoms with van der Waals surface area (Å²) < 4.78 is 0. The number of nitrogens with one attached hydrogen (secondary N) is 1. The Morgan fingerprint density at radius 3 is 2.18 bits per heavy atom. The maximum Gasteiger partial charge on any atom is 0.220 e. The highest BCUT2D eigenvalue weighted by Crippen LogP contribution is 2.12. The summed E-state index contributed by atoms with van der Waals surface area (Å²) in [6, 6.07) is 6.67. The van der Waals surface area contributed by atoms with Crippen LogP contribution in [-0.2, 0) is 4.79 Å². The van der Waals surface area contributed by atoms with Crippen LogP contribution in [0, 0.1) is 0 Å². The van der Waals surface area contributed by atoms with E-state index in [-0.39, 0.29) is 42.5 Å². The van der Waals surface area contributed by atoms with E-state index in [0.29, 0.717) is 17.1 Å². The molecule has 124 valence electrons. The average molecular weight is 347 g/mol. The molecular formula is C16H24Cl2N2O2. The first-order valence-corrected chi connectivity index (χ1v) is 7.62. The maximum absolute atomic E-state index is 11.9. The summed E-state index contributed by atoms with van der Waals surface area (Å²) in [5, 5.41) is 3.39. The van der Waals surface area contributed by atoms with Crippen LogP contribution in [0.25, 0.3) is 0 Å². The van der Waals surface area contributed by atoms with Crippen LogP contribution in [0.15, 0.2) is 24.3 Å². The number of ketones is 1. The molecular weight excluding hydrogens is 323 g/mol. The minimum absolute atomic E-state index is 0. The Labute approximate surface area is 143 Å². The highest BCUT2D eigenvalue weighted by Gasteiger charge is 2.21. The zero-order chi connectivity index (χ0) is 15.9. The van der Waals surface area contributed by atoms with E-state index in [9.17, 15) is 9.59 Å². The van der Waals surface area contributed by atoms with Gasteiger partial charge in [-0.05, 0) is 37.1 Å². The van der Waals surface area contributed by atoms with Gasteiger partial charge in [-0.3, -0.25) is 9.59 Å². The first-order valence-electron chi connectivity index (χ1n) is 7.24. The van der Waals surface area contributed by atoms with Crippen LogP contribution >= 0.6 is 24.0 Å². The van der Waals surface area contributed by atoms with Crippen molar-refractivity contribution in [2.45, 2.75) is 45.1 Å². The smallest absolute Gasteiger partial charge is 0.220 e. The molecule has 0 aliphatic rings. The van der Waals surface area contributed by atoms with Crippen molar-refractivity contribution in [1.29, 1.82) is 0 Å². The summed E-state index contributed by atoms with van der Waals surface area (Å²) in [5.41, 5.74) is 6.32. The third-order valence-electron chi connectivity index (χ3n) is 3.79. The summed E-state index contributed by atoms with van der Waals surface area (Å²) in [6.07, 6.45) is 1.95. The van der Waals surface area contributed by atoms with E-state index in [0.717, 1.165) is 12.8 Å². The van der Waals surface area contributed by atoms with E-state index in [1.807, 2.05) is 13.8 Å². The third kappa shape index (κ3) is 6.77. The minimum atomic E-state index is -0.365. The Hall–Kier alpha value is -1.10. The van der Waals surface area contributed by atoms with E-state index < -0.39 is 0 Å². The van der Waals surface area contributed by atoms with E-state index in [4.69, 9.17) is 17.3 Å². The van der Waals surface area contributed by atoms with Gasteiger partial charge in [0.15, 0.2) is 5.78 Å². The molecule has 0 saturated heterocycles. The van der Waals surface area contributed by atoms with Crippen molar-refractivity contribution >= 4 is 35.7 Å². The molecule has 1 aromatic rings. The predicted octanol–water partition coefficient (Wildman–Crippen LogP) is 3.36. The number of carbonyl (C=O) groups is 2. The molecule has 0 aromatic heterocycles. The lowest BCUT2D eigenvalue weighted by molar-refractivity contribution is -0.121. The normalized spacial score (nSPS) is 10.7. The van der Waals surface area contributed by atoms with E-state index in [1.54, 1.807) is 24.3 Å². The fourth-order valence-electron chi connectivity index (χ4n) is 1.87. The summed E-state index contributed by atoms with van der Waals surface area (Å²) in [6.45, 7) is 4.44. The van der Waals surface area contributed by atoms with E-state index in [2.05, 4.69) is 5.32 Å². The zero-order valence-electron chi connectivity index (χ0n) is 13.0. The van der Waals surface area contributed by atoms with Crippen molar-refractivity contribution in [3.8, 4) is 0 Å². The SMILES string of the molecule is CCC(N)(CC)CNC(=O)CCC(=O)c1ccc(Cl)cc1.Cl. The molecule has 1 aromatic carbocycles. The number of Topliss-reactive ketones (excluding diaryl/α,β-unsaturated/α-hetero) is 1. The number of nitrogens with two attached hydrogens (primary N) is 1. The monoisotopic (exact) mass is 346 g/mol. The van der Waals surface area contributed by atoms with Gasteiger partial charge in [-0.25, -0.2) is 0 Å². The molecule has 0 bridgehead atoms. The van der Waals surface area contributed by atoms with Gasteiger partial charge in [0.05, 0.1) is 0 Å². The van der Waals surface area contributed by atoms with Gasteiger partial charge in [-0.2, -0.15) is 0 Å². The molecule has 0 saturated carbocycles. The highest BCUT2D eigenvalue weighted by atomic mass is 35.5. The molecule has 0 spiro atoms. The standard InChI is InChI=1S/C16H23ClN2O2.ClH/c1-3-16(18,4-2)11-19-15(21)10-9-14(20)12-5-7-13(17)8-6-12;/h5-8H,3-4,9-11,18H2,1-2H3,(H,19,21);1H. The zero-order valence-corrected chi connectivity index (χ0v) is 14.6. The summed E-state index contributed by atoms with van der Waals surface area (Å²) in [5.74, 6) is -0.208. The van der Waals surface area contributed by atoms with Crippen LogP contribution in [0.4, 0.5) is 0 Å². The fourth-order valence-corrected chi connectivity index (χ4v) is 2.00. The van der Waals surface area contributed by atoms with E-state index in [1.165, 1.54) is 0 Å². The lowest BCUT2D eigenvalue weighted by Gasteiger charge is -2.26. The Morgan fingerprint density at radius 1 is 1.14 bits per heavy atom. The molecule has 1 amide bonds. The summed E-state index contributed by atoms with van der Waals surface area (Å²) in [7, 11) is 0. The summed E-state index contributed by atoms with van der Waals surface area (Å²) in [4.78, 5) is 23.7. The van der Waals surface area contributed by atoms with Crippen molar-refractivity contribution in [3.05, 3.63) is 34.9 Å². The lowest BCUT2D eigenvalue weighted by atomic mass is 9.94. The molecule has 0 fully saturated rings. The summed E-state index contributed by atoms with van der Waals surface area (Å²) >= 11 is 5.77. The lowest BCUT2D eigenvalue weighted by Crippen LogP contribution is -2.49. The number of carbonyl (C=O) groups excluding carboxylic acids is 2. The van der Waals surface area contributed by atoms with Gasteiger partial charge in [0.2, 0.25) is 5.91 Å². The van der Waals surface area contributed by atoms with Crippen molar-refractivity contribution < 1.29 is 9.59 Å². The maximum atomic E-state index is 11.9. The predicted molar refractivity (Wildman–Crippen MR) is 92.8 cm³/mol. The van der Waals surface area contributed by atoms with Gasteiger partial charge in [-0.1, -0.05) is 25.4 Å². The molecule has 0 radical (unpaired) electrons. The average Bonchev–Trinajstić information content (AvgIpc) is 2.51. The van der Waals surface area contributed by atoms with Crippen LogP contribution in [0.1, 0.15) is 49.9 Å². The van der Waals surface area contributed by atoms with Gasteiger partial charge in [0.1, 0.15) is 0 Å². The second-order valence-electron chi connectivity index (χ2n) is 5.28. The van der Waals surface area contributed by atoms with Crippen LogP contribution in [0.5, 0.6) is 0 Å². The Bertz CT molecular complexity index is 485. The Kier molecular flexibility index (Phi) is 9.33. The number of halogens is 2. The van der Waals surface area contributed by atoms with Crippen molar-refractivity contribution in [1.82, 2.24) is 5.32 Å². The Balaban J connectivity index is 0.00000441. The topological polar surface area (TPSA) is 72.2 Å². The van der Waals surface area contributed by atoms with Gasteiger partial charge < -0.3 is 11.1 Å². The molecule has 0 aliphatic carbocycles.